The minimum Gasteiger partial charge on any atom is -0.422 e. The summed E-state index contributed by atoms with van der Waals surface area (Å²) in [4.78, 5) is 24.8. The van der Waals surface area contributed by atoms with Crippen LogP contribution in [0.1, 0.15) is 21.5 Å². The Bertz CT molecular complexity index is 1360. The number of amides is 1. The van der Waals surface area contributed by atoms with E-state index in [9.17, 15) is 14.9 Å². The Morgan fingerprint density at radius 1 is 1.23 bits per heavy atom. The summed E-state index contributed by atoms with van der Waals surface area (Å²) in [5.41, 5.74) is 0.521. The van der Waals surface area contributed by atoms with E-state index in [0.717, 1.165) is 5.56 Å². The lowest BCUT2D eigenvalue weighted by molar-refractivity contribution is 0.102. The molecule has 4 aromatic rings. The molecule has 0 bridgehead atoms. The molecule has 2 aromatic heterocycles. The van der Waals surface area contributed by atoms with Crippen LogP contribution in [0, 0.1) is 11.3 Å². The number of nitrogens with zero attached hydrogens (tertiary/aromatic N) is 2. The average Bonchev–Trinajstić information content (AvgIpc) is 3.13. The lowest BCUT2D eigenvalue weighted by atomic mass is 10.2. The van der Waals surface area contributed by atoms with Gasteiger partial charge in [0.25, 0.3) is 5.91 Å². The predicted octanol–water partition coefficient (Wildman–Crippen LogP) is 4.59. The third kappa shape index (κ3) is 3.94. The van der Waals surface area contributed by atoms with Gasteiger partial charge in [0.15, 0.2) is 0 Å². The largest absolute Gasteiger partial charge is 0.422 e. The van der Waals surface area contributed by atoms with Crippen molar-refractivity contribution < 1.29 is 9.21 Å². The Labute approximate surface area is 179 Å². The van der Waals surface area contributed by atoms with Crippen LogP contribution in [0.4, 0.5) is 5.82 Å². The second kappa shape index (κ2) is 8.45. The first-order chi connectivity index (χ1) is 14.6. The minimum atomic E-state index is -0.766. The molecule has 2 heterocycles. The monoisotopic (exact) mass is 436 g/mol. The third-order valence-electron chi connectivity index (χ3n) is 4.29. The lowest BCUT2D eigenvalue weighted by Gasteiger charge is -2.04. The van der Waals surface area contributed by atoms with Crippen molar-refractivity contribution in [3.63, 3.8) is 0 Å². The van der Waals surface area contributed by atoms with E-state index in [2.05, 4.69) is 15.5 Å². The van der Waals surface area contributed by atoms with Gasteiger partial charge < -0.3 is 9.73 Å². The summed E-state index contributed by atoms with van der Waals surface area (Å²) < 4.78 is 5.19. The molecule has 30 heavy (non-hydrogen) atoms. The number of aromatic nitrogens is 2. The van der Waals surface area contributed by atoms with Gasteiger partial charge in [0.05, 0.1) is 0 Å². The highest BCUT2D eigenvalue weighted by atomic mass is 35.5. The second-order valence-electron chi connectivity index (χ2n) is 6.21. The number of halogens is 1. The third-order valence-corrected chi connectivity index (χ3v) is 5.68. The van der Waals surface area contributed by atoms with Gasteiger partial charge in [0.1, 0.15) is 33.6 Å². The number of fused-ring (bicyclic) bond motifs is 1. The van der Waals surface area contributed by atoms with Crippen molar-refractivity contribution in [2.45, 2.75) is 10.8 Å². The van der Waals surface area contributed by atoms with Gasteiger partial charge in [-0.15, -0.1) is 0 Å². The summed E-state index contributed by atoms with van der Waals surface area (Å²) in [7, 11) is 0. The molecule has 0 aliphatic carbocycles. The van der Waals surface area contributed by atoms with Crippen molar-refractivity contribution in [2.75, 3.05) is 5.32 Å². The molecule has 0 saturated carbocycles. The van der Waals surface area contributed by atoms with Crippen molar-refractivity contribution in [3.8, 4) is 6.07 Å². The van der Waals surface area contributed by atoms with Crippen LogP contribution in [0.3, 0.4) is 0 Å². The number of thioether (sulfide) groups is 1. The van der Waals surface area contributed by atoms with Crippen LogP contribution in [-0.2, 0) is 5.75 Å². The number of carbonyl (C=O) groups excluding carboxylic acids is 1. The number of para-hydroxylation sites is 1. The predicted molar refractivity (Wildman–Crippen MR) is 115 cm³/mol. The summed E-state index contributed by atoms with van der Waals surface area (Å²) in [5, 5.41) is 20.5. The maximum atomic E-state index is 12.6. The standard InChI is InChI=1S/C21H13ClN4O3S/c22-16-7-3-1-6-13(16)11-30-20-15(10-23)18(25-26-20)24-19(27)14-9-12-5-2-4-8-17(12)29-21(14)28/h1-9H,11H2,(H2,24,25,26,27). The summed E-state index contributed by atoms with van der Waals surface area (Å²) in [6.07, 6.45) is 0. The molecular weight excluding hydrogens is 424 g/mol. The van der Waals surface area contributed by atoms with Gasteiger partial charge in [-0.2, -0.15) is 10.4 Å². The summed E-state index contributed by atoms with van der Waals surface area (Å²) in [5.74, 6) is -0.0880. The molecule has 0 aliphatic heterocycles. The first-order valence-corrected chi connectivity index (χ1v) is 10.1. The van der Waals surface area contributed by atoms with Gasteiger partial charge in [0, 0.05) is 16.2 Å². The number of H-pyrrole nitrogens is 1. The smallest absolute Gasteiger partial charge is 0.349 e. The van der Waals surface area contributed by atoms with Gasteiger partial charge in [-0.3, -0.25) is 9.89 Å². The maximum absolute atomic E-state index is 12.6. The van der Waals surface area contributed by atoms with Crippen LogP contribution in [-0.4, -0.2) is 16.1 Å². The Morgan fingerprint density at radius 3 is 2.80 bits per heavy atom. The van der Waals surface area contributed by atoms with Gasteiger partial charge in [-0.25, -0.2) is 4.79 Å². The number of anilines is 1. The van der Waals surface area contributed by atoms with Crippen LogP contribution in [0.2, 0.25) is 5.02 Å². The number of hydrogen-bond donors (Lipinski definition) is 2. The number of benzene rings is 2. The number of nitrogens with one attached hydrogen (secondary N) is 2. The Balaban J connectivity index is 1.56. The zero-order valence-corrected chi connectivity index (χ0v) is 16.9. The normalized spacial score (nSPS) is 10.7. The van der Waals surface area contributed by atoms with E-state index in [1.807, 2.05) is 24.3 Å². The molecule has 0 spiro atoms. The highest BCUT2D eigenvalue weighted by molar-refractivity contribution is 7.98. The summed E-state index contributed by atoms with van der Waals surface area (Å²) in [6.45, 7) is 0. The Kier molecular flexibility index (Phi) is 5.57. The van der Waals surface area contributed by atoms with Crippen molar-refractivity contribution in [2.24, 2.45) is 0 Å². The molecule has 0 aliphatic rings. The van der Waals surface area contributed by atoms with E-state index in [1.165, 1.54) is 17.8 Å². The van der Waals surface area contributed by atoms with Crippen molar-refractivity contribution in [1.82, 2.24) is 10.2 Å². The molecule has 4 rings (SSSR count). The molecule has 2 aromatic carbocycles. The molecule has 1 amide bonds. The minimum absolute atomic E-state index is 0.108. The number of rotatable bonds is 5. The van der Waals surface area contributed by atoms with E-state index in [0.29, 0.717) is 26.8 Å². The van der Waals surface area contributed by atoms with E-state index >= 15 is 0 Å². The Morgan fingerprint density at radius 2 is 2.00 bits per heavy atom. The number of nitriles is 1. The molecular formula is C21H13ClN4O3S. The van der Waals surface area contributed by atoms with E-state index in [1.54, 1.807) is 30.3 Å². The van der Waals surface area contributed by atoms with E-state index in [4.69, 9.17) is 16.0 Å². The van der Waals surface area contributed by atoms with Crippen molar-refractivity contribution in [3.05, 3.63) is 86.7 Å². The number of carbonyl (C=O) groups is 1. The van der Waals surface area contributed by atoms with Crippen LogP contribution in [0.25, 0.3) is 11.0 Å². The fourth-order valence-electron chi connectivity index (χ4n) is 2.79. The number of hydrogen-bond acceptors (Lipinski definition) is 6. The molecule has 0 saturated heterocycles. The van der Waals surface area contributed by atoms with E-state index in [-0.39, 0.29) is 16.9 Å². The summed E-state index contributed by atoms with van der Waals surface area (Å²) >= 11 is 7.47. The first kappa shape index (κ1) is 19.8. The SMILES string of the molecule is N#Cc1c(SCc2ccccc2Cl)n[nH]c1NC(=O)c1cc2ccccc2oc1=O. The number of aromatic amines is 1. The molecule has 0 atom stereocenters. The van der Waals surface area contributed by atoms with Crippen LogP contribution in [0.15, 0.2) is 68.8 Å². The molecule has 0 unspecified atom stereocenters. The van der Waals surface area contributed by atoms with Gasteiger partial charge >= 0.3 is 5.63 Å². The van der Waals surface area contributed by atoms with Gasteiger partial charge in [-0.1, -0.05) is 59.8 Å². The quantitative estimate of drug-likeness (QED) is 0.349. The lowest BCUT2D eigenvalue weighted by Crippen LogP contribution is -2.21. The first-order valence-electron chi connectivity index (χ1n) is 8.75. The molecule has 9 heteroatoms. The fourth-order valence-corrected chi connectivity index (χ4v) is 4.01. The van der Waals surface area contributed by atoms with Crippen LogP contribution in [0.5, 0.6) is 0 Å². The van der Waals surface area contributed by atoms with Crippen molar-refractivity contribution in [1.29, 1.82) is 5.26 Å². The molecule has 7 nitrogen and oxygen atoms in total. The van der Waals surface area contributed by atoms with Gasteiger partial charge in [-0.05, 0) is 23.8 Å². The molecule has 0 fully saturated rings. The average molecular weight is 437 g/mol. The zero-order valence-electron chi connectivity index (χ0n) is 15.3. The van der Waals surface area contributed by atoms with E-state index < -0.39 is 11.5 Å². The van der Waals surface area contributed by atoms with Crippen LogP contribution < -0.4 is 10.9 Å². The fraction of sp³-hybridized carbons (Fsp3) is 0.0476. The summed E-state index contributed by atoms with van der Waals surface area (Å²) in [6, 6.07) is 17.7. The Hall–Kier alpha value is -3.54. The van der Waals surface area contributed by atoms with Gasteiger partial charge in [0.2, 0.25) is 0 Å². The highest BCUT2D eigenvalue weighted by Crippen LogP contribution is 2.30. The van der Waals surface area contributed by atoms with Crippen molar-refractivity contribution >= 4 is 46.1 Å². The topological polar surface area (TPSA) is 112 Å². The zero-order chi connectivity index (χ0) is 21.1. The molecule has 2 N–H and O–H groups in total. The molecule has 0 radical (unpaired) electrons. The maximum Gasteiger partial charge on any atom is 0.349 e. The highest BCUT2D eigenvalue weighted by Gasteiger charge is 2.19. The second-order valence-corrected chi connectivity index (χ2v) is 7.58. The van der Waals surface area contributed by atoms with Crippen LogP contribution >= 0.6 is 23.4 Å². The molecule has 148 valence electrons.